The van der Waals surface area contributed by atoms with E-state index in [4.69, 9.17) is 4.98 Å². The largest absolute Gasteiger partial charge is 0.253 e. The lowest BCUT2D eigenvalue weighted by Gasteiger charge is -2.23. The molecule has 218 valence electrons. The molecular weight excluding hydrogens is 555 g/mol. The Morgan fingerprint density at radius 1 is 0.435 bits per heavy atom. The van der Waals surface area contributed by atoms with Crippen molar-refractivity contribution in [2.24, 2.45) is 0 Å². The Bertz CT molecular complexity index is 2500. The van der Waals surface area contributed by atoms with Crippen LogP contribution in [0.25, 0.3) is 77.0 Å². The zero-order valence-electron chi connectivity index (χ0n) is 26.3. The number of aromatic nitrogens is 1. The molecule has 0 unspecified atom stereocenters. The van der Waals surface area contributed by atoms with E-state index in [0.29, 0.717) is 0 Å². The first-order valence-electron chi connectivity index (χ1n) is 16.1. The van der Waals surface area contributed by atoms with E-state index in [2.05, 4.69) is 166 Å². The number of fused-ring (bicyclic) bond motifs is 6. The van der Waals surface area contributed by atoms with E-state index in [9.17, 15) is 0 Å². The second-order valence-electron chi connectivity index (χ2n) is 13.2. The third-order valence-corrected chi connectivity index (χ3v) is 10.1. The van der Waals surface area contributed by atoms with Gasteiger partial charge in [0, 0.05) is 16.5 Å². The average molecular weight is 588 g/mol. The van der Waals surface area contributed by atoms with Gasteiger partial charge in [0.15, 0.2) is 0 Å². The summed E-state index contributed by atoms with van der Waals surface area (Å²) in [6.07, 6.45) is 0. The quantitative estimate of drug-likeness (QED) is 0.187. The number of hydrogen-bond acceptors (Lipinski definition) is 1. The maximum absolute atomic E-state index is 4.79. The molecule has 0 bridgehead atoms. The lowest BCUT2D eigenvalue weighted by molar-refractivity contribution is 0.660. The Hall–Kier alpha value is -5.53. The highest BCUT2D eigenvalue weighted by molar-refractivity contribution is 6.22. The number of nitrogens with zero attached hydrogens (tertiary/aromatic N) is 1. The topological polar surface area (TPSA) is 12.9 Å². The van der Waals surface area contributed by atoms with Crippen LogP contribution in [0.4, 0.5) is 0 Å². The minimum Gasteiger partial charge on any atom is -0.253 e. The molecule has 0 aliphatic heterocycles. The maximum atomic E-state index is 4.79. The summed E-state index contributed by atoms with van der Waals surface area (Å²) in [4.78, 5) is 4.79. The molecule has 46 heavy (non-hydrogen) atoms. The van der Waals surface area contributed by atoms with Crippen LogP contribution in [0.5, 0.6) is 0 Å². The summed E-state index contributed by atoms with van der Waals surface area (Å²) in [6.45, 7) is 6.78. The molecule has 0 fully saturated rings. The Kier molecular flexibility index (Phi) is 5.83. The van der Waals surface area contributed by atoms with E-state index in [0.717, 1.165) is 16.6 Å². The first-order valence-corrected chi connectivity index (χ1v) is 16.1. The molecule has 1 heteroatoms. The molecule has 0 spiro atoms. The van der Waals surface area contributed by atoms with Gasteiger partial charge >= 0.3 is 0 Å². The van der Waals surface area contributed by atoms with Crippen LogP contribution < -0.4 is 0 Å². The summed E-state index contributed by atoms with van der Waals surface area (Å²) >= 11 is 0. The molecular formula is C45H33N. The number of pyridine rings is 1. The SMILES string of the molecule is Cc1ccc2cc(-c3c4ccccc4c(-c4ccc5c(c4)C(C)(C)c4ccccc4-5)c4cc(-c5ccccc5)ccc34)ccc2n1. The van der Waals surface area contributed by atoms with Crippen LogP contribution in [-0.2, 0) is 5.41 Å². The van der Waals surface area contributed by atoms with Gasteiger partial charge in [-0.05, 0) is 114 Å². The number of aryl methyl sites for hydroxylation is 1. The highest BCUT2D eigenvalue weighted by Gasteiger charge is 2.35. The van der Waals surface area contributed by atoms with E-state index < -0.39 is 0 Å². The van der Waals surface area contributed by atoms with Crippen LogP contribution in [0.2, 0.25) is 0 Å². The van der Waals surface area contributed by atoms with Crippen molar-refractivity contribution in [2.45, 2.75) is 26.2 Å². The molecule has 0 atom stereocenters. The standard InChI is InChI=1S/C45H33N/c1-28-17-18-31-25-32(21-24-42(31)46-28)43-36-14-7-8-15-37(36)44(39-26-30(19-23-38(39)43)29-11-5-4-6-12-29)33-20-22-35-34-13-9-10-16-40(34)45(2,3)41(35)27-33/h4-27H,1-3H3. The van der Waals surface area contributed by atoms with Crippen LogP contribution in [0, 0.1) is 6.92 Å². The van der Waals surface area contributed by atoms with Crippen LogP contribution in [0.15, 0.2) is 146 Å². The van der Waals surface area contributed by atoms with Crippen LogP contribution in [0.3, 0.4) is 0 Å². The summed E-state index contributed by atoms with van der Waals surface area (Å²) in [7, 11) is 0. The molecule has 0 amide bonds. The van der Waals surface area contributed by atoms with E-state index >= 15 is 0 Å². The summed E-state index contributed by atoms with van der Waals surface area (Å²) in [5, 5.41) is 6.22. The van der Waals surface area contributed by atoms with Crippen molar-refractivity contribution >= 4 is 32.4 Å². The molecule has 8 aromatic rings. The Balaban J connectivity index is 1.37. The minimum atomic E-state index is -0.0693. The minimum absolute atomic E-state index is 0.0693. The monoisotopic (exact) mass is 587 g/mol. The zero-order valence-corrected chi connectivity index (χ0v) is 26.3. The zero-order chi connectivity index (χ0) is 31.0. The van der Waals surface area contributed by atoms with Crippen molar-refractivity contribution in [3.05, 3.63) is 162 Å². The number of hydrogen-bond donors (Lipinski definition) is 0. The predicted molar refractivity (Wildman–Crippen MR) is 195 cm³/mol. The Morgan fingerprint density at radius 3 is 1.89 bits per heavy atom. The third kappa shape index (κ3) is 3.98. The molecule has 1 nitrogen and oxygen atoms in total. The Labute approximate surface area is 269 Å². The van der Waals surface area contributed by atoms with E-state index in [1.54, 1.807) is 0 Å². The molecule has 1 aromatic heterocycles. The molecule has 0 saturated heterocycles. The van der Waals surface area contributed by atoms with Crippen LogP contribution in [-0.4, -0.2) is 4.98 Å². The van der Waals surface area contributed by atoms with Gasteiger partial charge in [0.25, 0.3) is 0 Å². The fourth-order valence-electron chi connectivity index (χ4n) is 7.85. The van der Waals surface area contributed by atoms with Gasteiger partial charge in [0.2, 0.25) is 0 Å². The summed E-state index contributed by atoms with van der Waals surface area (Å²) < 4.78 is 0. The second kappa shape index (κ2) is 9.99. The fourth-order valence-corrected chi connectivity index (χ4v) is 7.85. The number of rotatable bonds is 3. The fraction of sp³-hybridized carbons (Fsp3) is 0.0889. The normalized spacial score (nSPS) is 13.3. The maximum Gasteiger partial charge on any atom is 0.0705 e. The first kappa shape index (κ1) is 26.8. The van der Waals surface area contributed by atoms with Crippen molar-refractivity contribution < 1.29 is 0 Å². The van der Waals surface area contributed by atoms with Gasteiger partial charge in [0.05, 0.1) is 5.52 Å². The molecule has 1 aliphatic rings. The van der Waals surface area contributed by atoms with Gasteiger partial charge < -0.3 is 0 Å². The van der Waals surface area contributed by atoms with Gasteiger partial charge in [-0.2, -0.15) is 0 Å². The first-order chi connectivity index (χ1) is 22.5. The van der Waals surface area contributed by atoms with Gasteiger partial charge in [0.1, 0.15) is 0 Å². The molecule has 7 aromatic carbocycles. The smallest absolute Gasteiger partial charge is 0.0705 e. The van der Waals surface area contributed by atoms with E-state index in [1.165, 1.54) is 77.2 Å². The summed E-state index contributed by atoms with van der Waals surface area (Å²) in [6, 6.07) is 53.8. The van der Waals surface area contributed by atoms with E-state index in [1.807, 2.05) is 0 Å². The predicted octanol–water partition coefficient (Wildman–Crippen LogP) is 12.2. The lowest BCUT2D eigenvalue weighted by Crippen LogP contribution is -2.14. The molecule has 0 N–H and O–H groups in total. The van der Waals surface area contributed by atoms with Gasteiger partial charge in [-0.25, -0.2) is 0 Å². The van der Waals surface area contributed by atoms with Crippen molar-refractivity contribution in [3.8, 4) is 44.5 Å². The lowest BCUT2D eigenvalue weighted by atomic mass is 9.80. The highest BCUT2D eigenvalue weighted by Crippen LogP contribution is 2.51. The van der Waals surface area contributed by atoms with Gasteiger partial charge in [-0.3, -0.25) is 4.98 Å². The van der Waals surface area contributed by atoms with Crippen LogP contribution in [0.1, 0.15) is 30.7 Å². The Morgan fingerprint density at radius 2 is 1.07 bits per heavy atom. The van der Waals surface area contributed by atoms with Crippen molar-refractivity contribution in [2.75, 3.05) is 0 Å². The molecule has 9 rings (SSSR count). The van der Waals surface area contributed by atoms with Gasteiger partial charge in [-0.1, -0.05) is 129 Å². The average Bonchev–Trinajstić information content (AvgIpc) is 3.32. The van der Waals surface area contributed by atoms with Crippen molar-refractivity contribution in [1.29, 1.82) is 0 Å². The second-order valence-corrected chi connectivity index (χ2v) is 13.2. The molecule has 0 saturated carbocycles. The molecule has 1 aliphatic carbocycles. The summed E-state index contributed by atoms with van der Waals surface area (Å²) in [5.41, 5.74) is 15.0. The third-order valence-electron chi connectivity index (χ3n) is 10.1. The van der Waals surface area contributed by atoms with Crippen molar-refractivity contribution in [1.82, 2.24) is 4.98 Å². The van der Waals surface area contributed by atoms with E-state index in [-0.39, 0.29) is 5.41 Å². The summed E-state index contributed by atoms with van der Waals surface area (Å²) in [5.74, 6) is 0. The molecule has 1 heterocycles. The van der Waals surface area contributed by atoms with Gasteiger partial charge in [-0.15, -0.1) is 0 Å². The molecule has 0 radical (unpaired) electrons. The number of benzene rings is 7. The highest BCUT2D eigenvalue weighted by atomic mass is 14.7. The van der Waals surface area contributed by atoms with Crippen LogP contribution >= 0.6 is 0 Å². The van der Waals surface area contributed by atoms with Crippen molar-refractivity contribution in [3.63, 3.8) is 0 Å².